The molecule has 3 heterocycles. The molecule has 54 heavy (non-hydrogen) atoms. The summed E-state index contributed by atoms with van der Waals surface area (Å²) in [6, 6.07) is 66.2. The van der Waals surface area contributed by atoms with Gasteiger partial charge in [-0.3, -0.25) is 4.98 Å². The molecule has 3 heteroatoms. The molecule has 0 atom stereocenters. The highest BCUT2D eigenvalue weighted by atomic mass is 15.0. The number of aromatic nitrogens is 3. The summed E-state index contributed by atoms with van der Waals surface area (Å²) < 4.78 is 4.81. The molecule has 11 aromatic rings. The molecule has 0 spiro atoms. The van der Waals surface area contributed by atoms with Crippen molar-refractivity contribution in [2.24, 2.45) is 0 Å². The van der Waals surface area contributed by atoms with Crippen molar-refractivity contribution in [1.29, 1.82) is 0 Å². The fourth-order valence-electron chi connectivity index (χ4n) is 9.15. The maximum atomic E-state index is 5.11. The minimum absolute atomic E-state index is 1.02. The quantitative estimate of drug-likeness (QED) is 0.181. The van der Waals surface area contributed by atoms with Gasteiger partial charge in [-0.1, -0.05) is 121 Å². The van der Waals surface area contributed by atoms with Gasteiger partial charge >= 0.3 is 0 Å². The third-order valence-corrected chi connectivity index (χ3v) is 11.5. The number of hydrogen-bond donors (Lipinski definition) is 0. The van der Waals surface area contributed by atoms with Gasteiger partial charge in [-0.05, 0) is 88.5 Å². The molecule has 0 unspecified atom stereocenters. The van der Waals surface area contributed by atoms with Crippen LogP contribution in [0, 0.1) is 0 Å². The standard InChI is InChI=1S/C51H31N3/c1-2-14-35(15-3-1)53-48-26-24-33(29-43(48)44-30-36(25-27-49(44)53)54-46-22-8-6-18-39(46)40-19-7-9-23-47(40)54)32-12-10-13-34(28-32)51-42-21-11-20-41-37-16-4-5-17-38(37)45(31-52-51)50(41)42/h1-31H. The van der Waals surface area contributed by atoms with Crippen molar-refractivity contribution in [3.8, 4) is 56.0 Å². The molecule has 250 valence electrons. The Morgan fingerprint density at radius 1 is 0.315 bits per heavy atom. The first-order chi connectivity index (χ1) is 26.8. The van der Waals surface area contributed by atoms with Gasteiger partial charge in [0.2, 0.25) is 0 Å². The Morgan fingerprint density at radius 3 is 1.67 bits per heavy atom. The lowest BCUT2D eigenvalue weighted by atomic mass is 9.96. The van der Waals surface area contributed by atoms with Gasteiger partial charge in [0.05, 0.1) is 27.8 Å². The highest BCUT2D eigenvalue weighted by Gasteiger charge is 2.23. The lowest BCUT2D eigenvalue weighted by molar-refractivity contribution is 1.17. The van der Waals surface area contributed by atoms with Crippen LogP contribution < -0.4 is 0 Å². The van der Waals surface area contributed by atoms with Crippen LogP contribution in [0.5, 0.6) is 0 Å². The van der Waals surface area contributed by atoms with Gasteiger partial charge in [0.25, 0.3) is 0 Å². The summed E-state index contributed by atoms with van der Waals surface area (Å²) >= 11 is 0. The maximum Gasteiger partial charge on any atom is 0.0781 e. The van der Waals surface area contributed by atoms with Crippen LogP contribution in [0.15, 0.2) is 188 Å². The van der Waals surface area contributed by atoms with Gasteiger partial charge in [0.1, 0.15) is 0 Å². The van der Waals surface area contributed by atoms with Crippen LogP contribution in [0.2, 0.25) is 0 Å². The summed E-state index contributed by atoms with van der Waals surface area (Å²) in [4.78, 5) is 5.11. The van der Waals surface area contributed by atoms with Crippen LogP contribution in [0.1, 0.15) is 0 Å². The summed E-state index contributed by atoms with van der Waals surface area (Å²) in [6.45, 7) is 0. The highest BCUT2D eigenvalue weighted by molar-refractivity contribution is 6.18. The van der Waals surface area contributed by atoms with Crippen molar-refractivity contribution >= 4 is 54.4 Å². The van der Waals surface area contributed by atoms with Crippen LogP contribution in [-0.2, 0) is 0 Å². The number of benzene rings is 8. The summed E-state index contributed by atoms with van der Waals surface area (Å²) in [5.74, 6) is 0. The monoisotopic (exact) mass is 685 g/mol. The first-order valence-corrected chi connectivity index (χ1v) is 18.5. The minimum atomic E-state index is 1.02. The third-order valence-electron chi connectivity index (χ3n) is 11.5. The van der Waals surface area contributed by atoms with Gasteiger partial charge in [-0.15, -0.1) is 0 Å². The first kappa shape index (κ1) is 29.4. The van der Waals surface area contributed by atoms with Crippen LogP contribution in [0.3, 0.4) is 0 Å². The second-order valence-electron chi connectivity index (χ2n) is 14.3. The van der Waals surface area contributed by atoms with Gasteiger partial charge in [-0.25, -0.2) is 0 Å². The average Bonchev–Trinajstić information content (AvgIpc) is 3.87. The Morgan fingerprint density at radius 2 is 0.870 bits per heavy atom. The van der Waals surface area contributed by atoms with E-state index in [9.17, 15) is 0 Å². The van der Waals surface area contributed by atoms with E-state index in [1.807, 2.05) is 0 Å². The summed E-state index contributed by atoms with van der Waals surface area (Å²) in [5.41, 5.74) is 16.6. The maximum absolute atomic E-state index is 5.11. The molecule has 0 radical (unpaired) electrons. The number of para-hydroxylation sites is 3. The number of nitrogens with zero attached hydrogens (tertiary/aromatic N) is 3. The Hall–Kier alpha value is -7.23. The molecule has 0 aliphatic heterocycles. The summed E-state index contributed by atoms with van der Waals surface area (Å²) in [5, 5.41) is 7.46. The van der Waals surface area contributed by atoms with E-state index in [2.05, 4.69) is 197 Å². The molecule has 3 nitrogen and oxygen atoms in total. The molecule has 0 saturated heterocycles. The summed E-state index contributed by atoms with van der Waals surface area (Å²) in [6.07, 6.45) is 2.07. The van der Waals surface area contributed by atoms with Crippen molar-refractivity contribution in [1.82, 2.24) is 14.1 Å². The zero-order valence-corrected chi connectivity index (χ0v) is 29.2. The Kier molecular flexibility index (Phi) is 6.05. The molecule has 1 aliphatic carbocycles. The van der Waals surface area contributed by atoms with Crippen molar-refractivity contribution in [3.63, 3.8) is 0 Å². The lowest BCUT2D eigenvalue weighted by Gasteiger charge is -2.11. The van der Waals surface area contributed by atoms with E-state index in [1.165, 1.54) is 87.8 Å². The Bertz CT molecular complexity index is 3240. The molecular formula is C51H31N3. The molecule has 1 aliphatic rings. The van der Waals surface area contributed by atoms with E-state index in [4.69, 9.17) is 4.98 Å². The molecule has 3 aromatic heterocycles. The molecule has 0 amide bonds. The van der Waals surface area contributed by atoms with Crippen LogP contribution in [0.25, 0.3) is 110 Å². The second-order valence-corrected chi connectivity index (χ2v) is 14.3. The van der Waals surface area contributed by atoms with E-state index in [0.29, 0.717) is 0 Å². The van der Waals surface area contributed by atoms with E-state index in [0.717, 1.165) is 22.6 Å². The molecule has 0 bridgehead atoms. The molecule has 0 N–H and O–H groups in total. The first-order valence-electron chi connectivity index (χ1n) is 18.5. The van der Waals surface area contributed by atoms with Gasteiger partial charge in [0, 0.05) is 61.0 Å². The number of pyridine rings is 1. The predicted molar refractivity (Wildman–Crippen MR) is 226 cm³/mol. The van der Waals surface area contributed by atoms with Crippen LogP contribution in [0.4, 0.5) is 0 Å². The highest BCUT2D eigenvalue weighted by Crippen LogP contribution is 2.48. The normalized spacial score (nSPS) is 12.1. The predicted octanol–water partition coefficient (Wildman–Crippen LogP) is 13.4. The molecule has 0 fully saturated rings. The van der Waals surface area contributed by atoms with E-state index in [-0.39, 0.29) is 0 Å². The van der Waals surface area contributed by atoms with Crippen LogP contribution in [-0.4, -0.2) is 14.1 Å². The molecule has 8 aromatic carbocycles. The largest absolute Gasteiger partial charge is 0.309 e. The van der Waals surface area contributed by atoms with Crippen molar-refractivity contribution in [2.45, 2.75) is 0 Å². The van der Waals surface area contributed by atoms with Gasteiger partial charge in [-0.2, -0.15) is 0 Å². The number of fused-ring (bicyclic) bond motifs is 9. The van der Waals surface area contributed by atoms with E-state index in [1.54, 1.807) is 0 Å². The second kappa shape index (κ2) is 11.1. The Balaban J connectivity index is 1.06. The minimum Gasteiger partial charge on any atom is -0.309 e. The van der Waals surface area contributed by atoms with Gasteiger partial charge in [0.15, 0.2) is 0 Å². The topological polar surface area (TPSA) is 22.8 Å². The fourth-order valence-corrected chi connectivity index (χ4v) is 9.15. The zero-order chi connectivity index (χ0) is 35.3. The molecule has 0 saturated carbocycles. The zero-order valence-electron chi connectivity index (χ0n) is 29.2. The average molecular weight is 686 g/mol. The van der Waals surface area contributed by atoms with E-state index < -0.39 is 0 Å². The smallest absolute Gasteiger partial charge is 0.0781 e. The van der Waals surface area contributed by atoms with E-state index >= 15 is 0 Å². The van der Waals surface area contributed by atoms with Gasteiger partial charge < -0.3 is 9.13 Å². The molecular weight excluding hydrogens is 655 g/mol. The van der Waals surface area contributed by atoms with Crippen LogP contribution >= 0.6 is 0 Å². The fraction of sp³-hybridized carbons (Fsp3) is 0. The van der Waals surface area contributed by atoms with Crippen molar-refractivity contribution in [2.75, 3.05) is 0 Å². The SMILES string of the molecule is c1ccc(-n2c3ccc(-c4cccc(-c5ncc6c7c(cccc57)-c5ccccc5-6)c4)cc3c3cc(-n4c5ccccc5c5ccccc54)ccc32)cc1. The number of hydrogen-bond acceptors (Lipinski definition) is 1. The lowest BCUT2D eigenvalue weighted by Crippen LogP contribution is -1.95. The number of rotatable bonds is 4. The van der Waals surface area contributed by atoms with Crippen molar-refractivity contribution < 1.29 is 0 Å². The van der Waals surface area contributed by atoms with Crippen molar-refractivity contribution in [3.05, 3.63) is 188 Å². The third kappa shape index (κ3) is 4.09. The summed E-state index contributed by atoms with van der Waals surface area (Å²) in [7, 11) is 0. The molecule has 12 rings (SSSR count). The Labute approximate surface area is 311 Å².